The Hall–Kier alpha value is -1.78. The van der Waals surface area contributed by atoms with Crippen molar-refractivity contribution in [2.75, 3.05) is 26.2 Å². The molecule has 0 unspecified atom stereocenters. The van der Waals surface area contributed by atoms with Crippen molar-refractivity contribution in [2.45, 2.75) is 31.7 Å². The van der Waals surface area contributed by atoms with Crippen molar-refractivity contribution in [2.24, 2.45) is 5.41 Å². The van der Waals surface area contributed by atoms with Crippen LogP contribution in [-0.2, 0) is 0 Å². The minimum atomic E-state index is -0.225. The van der Waals surface area contributed by atoms with Gasteiger partial charge in [0.1, 0.15) is 11.6 Å². The molecule has 2 aliphatic heterocycles. The number of nitrogens with one attached hydrogen (secondary N) is 1. The van der Waals surface area contributed by atoms with E-state index in [0.29, 0.717) is 5.41 Å². The number of likely N-dealkylation sites (tertiary alicyclic amines) is 1. The zero-order chi connectivity index (χ0) is 18.0. The first kappa shape index (κ1) is 17.6. The minimum absolute atomic E-state index is 0.0464. The summed E-state index contributed by atoms with van der Waals surface area (Å²) >= 11 is 0. The summed E-state index contributed by atoms with van der Waals surface area (Å²) in [4.78, 5) is 2.47. The van der Waals surface area contributed by atoms with Crippen molar-refractivity contribution in [1.29, 1.82) is 0 Å². The smallest absolute Gasteiger partial charge is 0.123 e. The number of benzene rings is 2. The molecule has 0 radical (unpaired) electrons. The maximum Gasteiger partial charge on any atom is 0.123 e. The molecular weight excluding hydrogens is 330 g/mol. The van der Waals surface area contributed by atoms with Crippen LogP contribution in [0.2, 0.25) is 0 Å². The van der Waals surface area contributed by atoms with Gasteiger partial charge in [-0.3, -0.25) is 4.90 Å². The van der Waals surface area contributed by atoms with Gasteiger partial charge in [-0.05, 0) is 86.1 Å². The van der Waals surface area contributed by atoms with Gasteiger partial charge in [0.05, 0.1) is 6.04 Å². The molecule has 2 fully saturated rings. The molecule has 0 atom stereocenters. The Morgan fingerprint density at radius 1 is 0.808 bits per heavy atom. The van der Waals surface area contributed by atoms with Gasteiger partial charge in [-0.1, -0.05) is 24.3 Å². The SMILES string of the molecule is Fc1ccc(C(c2ccc(F)cc2)N2CCC3(CCCNC3)CC2)cc1. The molecule has 26 heavy (non-hydrogen) atoms. The standard InChI is InChI=1S/C22H26F2N2/c23-19-6-2-17(3-7-19)21(18-4-8-20(24)9-5-18)26-14-11-22(12-15-26)10-1-13-25-16-22/h2-9,21,25H,1,10-16H2. The van der Waals surface area contributed by atoms with Gasteiger partial charge in [-0.15, -0.1) is 0 Å². The average Bonchev–Trinajstić information content (AvgIpc) is 2.67. The number of hydrogen-bond acceptors (Lipinski definition) is 2. The Balaban J connectivity index is 1.59. The lowest BCUT2D eigenvalue weighted by atomic mass is 9.72. The van der Waals surface area contributed by atoms with Crippen LogP contribution in [-0.4, -0.2) is 31.1 Å². The van der Waals surface area contributed by atoms with Gasteiger partial charge in [-0.25, -0.2) is 8.78 Å². The molecule has 2 heterocycles. The van der Waals surface area contributed by atoms with Crippen LogP contribution in [0, 0.1) is 17.0 Å². The zero-order valence-corrected chi connectivity index (χ0v) is 15.1. The number of nitrogens with zero attached hydrogens (tertiary/aromatic N) is 1. The Morgan fingerprint density at radius 2 is 1.35 bits per heavy atom. The Labute approximate surface area is 154 Å². The van der Waals surface area contributed by atoms with Crippen LogP contribution < -0.4 is 5.32 Å². The molecule has 2 aromatic rings. The van der Waals surface area contributed by atoms with E-state index in [1.807, 2.05) is 24.3 Å². The summed E-state index contributed by atoms with van der Waals surface area (Å²) in [5, 5.41) is 3.56. The fourth-order valence-corrected chi connectivity index (χ4v) is 4.62. The summed E-state index contributed by atoms with van der Waals surface area (Å²) in [7, 11) is 0. The normalized spacial score (nSPS) is 20.6. The van der Waals surface area contributed by atoms with Crippen molar-refractivity contribution in [3.05, 3.63) is 71.3 Å². The first-order chi connectivity index (χ1) is 12.7. The summed E-state index contributed by atoms with van der Waals surface area (Å²) in [6, 6.07) is 13.5. The molecule has 2 nitrogen and oxygen atoms in total. The highest BCUT2D eigenvalue weighted by Crippen LogP contribution is 2.41. The monoisotopic (exact) mass is 356 g/mol. The second-order valence-corrected chi connectivity index (χ2v) is 7.82. The second-order valence-electron chi connectivity index (χ2n) is 7.82. The number of rotatable bonds is 3. The third-order valence-electron chi connectivity index (χ3n) is 6.16. The van der Waals surface area contributed by atoms with E-state index in [4.69, 9.17) is 0 Å². The third kappa shape index (κ3) is 3.67. The zero-order valence-electron chi connectivity index (χ0n) is 15.1. The van der Waals surface area contributed by atoms with Crippen LogP contribution in [0.3, 0.4) is 0 Å². The van der Waals surface area contributed by atoms with Crippen LogP contribution >= 0.6 is 0 Å². The second kappa shape index (κ2) is 7.45. The summed E-state index contributed by atoms with van der Waals surface area (Å²) in [5.41, 5.74) is 2.57. The van der Waals surface area contributed by atoms with Crippen LogP contribution in [0.5, 0.6) is 0 Å². The van der Waals surface area contributed by atoms with Crippen LogP contribution in [0.25, 0.3) is 0 Å². The lowest BCUT2D eigenvalue weighted by molar-refractivity contribution is 0.0630. The molecule has 4 rings (SSSR count). The molecule has 1 N–H and O–H groups in total. The summed E-state index contributed by atoms with van der Waals surface area (Å²) in [6.07, 6.45) is 4.93. The molecule has 4 heteroatoms. The summed E-state index contributed by atoms with van der Waals surface area (Å²) < 4.78 is 26.8. The van der Waals surface area contributed by atoms with Crippen molar-refractivity contribution < 1.29 is 8.78 Å². The van der Waals surface area contributed by atoms with E-state index in [1.54, 1.807) is 0 Å². The quantitative estimate of drug-likeness (QED) is 0.870. The van der Waals surface area contributed by atoms with E-state index >= 15 is 0 Å². The van der Waals surface area contributed by atoms with Gasteiger partial charge in [0.15, 0.2) is 0 Å². The molecule has 2 aliphatic rings. The predicted octanol–water partition coefficient (Wildman–Crippen LogP) is 4.52. The van der Waals surface area contributed by atoms with Gasteiger partial charge in [-0.2, -0.15) is 0 Å². The van der Waals surface area contributed by atoms with Crippen LogP contribution in [0.4, 0.5) is 8.78 Å². The fourth-order valence-electron chi connectivity index (χ4n) is 4.62. The van der Waals surface area contributed by atoms with Crippen molar-refractivity contribution >= 4 is 0 Å². The Kier molecular flexibility index (Phi) is 5.05. The lowest BCUT2D eigenvalue weighted by Crippen LogP contribution is -2.48. The molecule has 0 aromatic heterocycles. The maximum atomic E-state index is 13.4. The molecule has 0 bridgehead atoms. The highest BCUT2D eigenvalue weighted by Gasteiger charge is 2.37. The number of halogens is 2. The predicted molar refractivity (Wildman–Crippen MR) is 100.0 cm³/mol. The fraction of sp³-hybridized carbons (Fsp3) is 0.455. The summed E-state index contributed by atoms with van der Waals surface area (Å²) in [6.45, 7) is 4.29. The number of piperidine rings is 2. The molecular formula is C22H26F2N2. The summed E-state index contributed by atoms with van der Waals surface area (Å²) in [5.74, 6) is -0.449. The molecule has 0 saturated carbocycles. The molecule has 0 amide bonds. The van der Waals surface area contributed by atoms with Crippen molar-refractivity contribution in [3.63, 3.8) is 0 Å². The van der Waals surface area contributed by atoms with Crippen LogP contribution in [0.1, 0.15) is 42.9 Å². The number of hydrogen-bond donors (Lipinski definition) is 1. The molecule has 0 aliphatic carbocycles. The van der Waals surface area contributed by atoms with Gasteiger partial charge < -0.3 is 5.32 Å². The Bertz CT molecular complexity index is 665. The van der Waals surface area contributed by atoms with E-state index < -0.39 is 0 Å². The highest BCUT2D eigenvalue weighted by atomic mass is 19.1. The molecule has 1 spiro atoms. The molecule has 2 aromatic carbocycles. The molecule has 138 valence electrons. The van der Waals surface area contributed by atoms with Gasteiger partial charge in [0.2, 0.25) is 0 Å². The van der Waals surface area contributed by atoms with Crippen LogP contribution in [0.15, 0.2) is 48.5 Å². The van der Waals surface area contributed by atoms with Gasteiger partial charge in [0.25, 0.3) is 0 Å². The van der Waals surface area contributed by atoms with E-state index in [2.05, 4.69) is 10.2 Å². The largest absolute Gasteiger partial charge is 0.316 e. The van der Waals surface area contributed by atoms with Crippen molar-refractivity contribution in [3.8, 4) is 0 Å². The highest BCUT2D eigenvalue weighted by molar-refractivity contribution is 5.32. The topological polar surface area (TPSA) is 15.3 Å². The maximum absolute atomic E-state index is 13.4. The Morgan fingerprint density at radius 3 is 1.81 bits per heavy atom. The third-order valence-corrected chi connectivity index (χ3v) is 6.16. The minimum Gasteiger partial charge on any atom is -0.316 e. The first-order valence-electron chi connectivity index (χ1n) is 9.61. The van der Waals surface area contributed by atoms with E-state index in [9.17, 15) is 8.78 Å². The van der Waals surface area contributed by atoms with E-state index in [-0.39, 0.29) is 17.7 Å². The average molecular weight is 356 g/mol. The van der Waals surface area contributed by atoms with Gasteiger partial charge in [0, 0.05) is 6.54 Å². The van der Waals surface area contributed by atoms with E-state index in [0.717, 1.165) is 37.3 Å². The van der Waals surface area contributed by atoms with Gasteiger partial charge >= 0.3 is 0 Å². The van der Waals surface area contributed by atoms with Crippen molar-refractivity contribution in [1.82, 2.24) is 10.2 Å². The van der Waals surface area contributed by atoms with E-state index in [1.165, 1.54) is 49.9 Å². The molecule has 2 saturated heterocycles. The lowest BCUT2D eigenvalue weighted by Gasteiger charge is -2.46. The first-order valence-corrected chi connectivity index (χ1v) is 9.61.